The van der Waals surface area contributed by atoms with Gasteiger partial charge < -0.3 is 45.2 Å². The molecule has 3 aromatic rings. The maximum Gasteiger partial charge on any atom is 0.317 e. The molecule has 4 amide bonds. The third-order valence-electron chi connectivity index (χ3n) is 14.6. The summed E-state index contributed by atoms with van der Waals surface area (Å²) in [7, 11) is 0. The van der Waals surface area contributed by atoms with Crippen LogP contribution in [0.5, 0.6) is 5.75 Å². The molecule has 86 heavy (non-hydrogen) atoms. The number of fused-ring (bicyclic) bond motifs is 1. The summed E-state index contributed by atoms with van der Waals surface area (Å²) >= 11 is 2.23. The first-order valence-corrected chi connectivity index (χ1v) is 29.7. The van der Waals surface area contributed by atoms with Crippen molar-refractivity contribution in [3.05, 3.63) is 69.4 Å². The molecule has 29 heteroatoms. The lowest BCUT2D eigenvalue weighted by Gasteiger charge is -2.33. The minimum atomic E-state index is -1.67. The SMILES string of the molecule is CC1(F)C[C@H](C#N)N(C(=O)CNC(=O)c2ccnc3ccc(OCCCC4CCN(C(=O)CCN/N=C\[C@H](C/C=N/NCN/N=C/c5ccc(I)cc5)NC(=O)CN5CCN(COC=O)CCN(COC=O)CCN(CC(=O)O)CC5)CC4)cc23)C1. The summed E-state index contributed by atoms with van der Waals surface area (Å²) in [6.07, 6.45) is 10.1. The Bertz CT molecular complexity index is 2820. The molecule has 27 nitrogen and oxygen atoms in total. The Morgan fingerprint density at radius 2 is 1.52 bits per heavy atom. The van der Waals surface area contributed by atoms with Gasteiger partial charge in [-0.3, -0.25) is 69.0 Å². The van der Waals surface area contributed by atoms with E-state index in [-0.39, 0.29) is 83.9 Å². The number of amides is 4. The number of hydrogen-bond acceptors (Lipinski definition) is 22. The Balaban J connectivity index is 0.952. The van der Waals surface area contributed by atoms with Crippen LogP contribution in [-0.4, -0.2) is 243 Å². The number of carboxylic acids is 1. The van der Waals surface area contributed by atoms with Crippen LogP contribution in [0.15, 0.2) is 70.0 Å². The highest BCUT2D eigenvalue weighted by molar-refractivity contribution is 14.1. The maximum absolute atomic E-state index is 14.6. The molecule has 4 heterocycles. The Labute approximate surface area is 513 Å². The van der Waals surface area contributed by atoms with E-state index >= 15 is 0 Å². The summed E-state index contributed by atoms with van der Waals surface area (Å²) in [6, 6.07) is 15.1. The molecule has 0 radical (unpaired) electrons. The number of nitrogens with one attached hydrogen (secondary N) is 5. The van der Waals surface area contributed by atoms with Gasteiger partial charge in [-0.2, -0.15) is 20.6 Å². The molecule has 0 spiro atoms. The van der Waals surface area contributed by atoms with Crippen molar-refractivity contribution in [2.75, 3.05) is 125 Å². The Kier molecular flexibility index (Phi) is 28.5. The lowest BCUT2D eigenvalue weighted by Crippen LogP contribution is -2.50. The predicted octanol–water partition coefficient (Wildman–Crippen LogP) is 1.38. The smallest absolute Gasteiger partial charge is 0.317 e. The fourth-order valence-corrected chi connectivity index (χ4v) is 10.4. The van der Waals surface area contributed by atoms with E-state index in [1.54, 1.807) is 47.8 Å². The highest BCUT2D eigenvalue weighted by Crippen LogP contribution is 2.30. The summed E-state index contributed by atoms with van der Waals surface area (Å²) in [5.41, 5.74) is 8.82. The molecule has 0 aliphatic carbocycles. The maximum atomic E-state index is 14.6. The number of halogens is 2. The Morgan fingerprint density at radius 3 is 2.19 bits per heavy atom. The van der Waals surface area contributed by atoms with E-state index in [4.69, 9.17) is 14.2 Å². The average Bonchev–Trinajstić information content (AvgIpc) is 3.89. The van der Waals surface area contributed by atoms with E-state index in [9.17, 15) is 48.3 Å². The van der Waals surface area contributed by atoms with Gasteiger partial charge in [0.25, 0.3) is 18.9 Å². The first kappa shape index (κ1) is 67.5. The molecule has 0 saturated carbocycles. The average molecular weight is 1310 g/mol. The number of hydrogen-bond donors (Lipinski definition) is 6. The zero-order chi connectivity index (χ0) is 61.5. The molecule has 2 aromatic carbocycles. The number of alkyl halides is 1. The molecule has 3 fully saturated rings. The van der Waals surface area contributed by atoms with Crippen molar-refractivity contribution in [2.45, 2.75) is 69.6 Å². The number of pyridine rings is 1. The molecular formula is C57H78FIN16O11. The molecule has 1 aromatic heterocycles. The summed E-state index contributed by atoms with van der Waals surface area (Å²) < 4.78 is 31.9. The van der Waals surface area contributed by atoms with Gasteiger partial charge >= 0.3 is 5.97 Å². The molecule has 6 rings (SSSR count). The normalized spacial score (nSPS) is 19.3. The van der Waals surface area contributed by atoms with Crippen LogP contribution in [0.2, 0.25) is 0 Å². The number of piperidine rings is 1. The first-order chi connectivity index (χ1) is 41.6. The number of likely N-dealkylation sites (tertiary alicyclic amines) is 2. The van der Waals surface area contributed by atoms with Gasteiger partial charge in [0.05, 0.1) is 62.2 Å². The zero-order valence-corrected chi connectivity index (χ0v) is 50.6. The quantitative estimate of drug-likeness (QED) is 0.0132. The van der Waals surface area contributed by atoms with Gasteiger partial charge in [-0.1, -0.05) is 12.1 Å². The third kappa shape index (κ3) is 24.0. The van der Waals surface area contributed by atoms with Crippen LogP contribution in [-0.2, 0) is 38.2 Å². The summed E-state index contributed by atoms with van der Waals surface area (Å²) in [4.78, 5) is 102. The zero-order valence-electron chi connectivity index (χ0n) is 48.4. The lowest BCUT2D eigenvalue weighted by atomic mass is 9.92. The van der Waals surface area contributed by atoms with Crippen molar-refractivity contribution in [1.29, 1.82) is 5.26 Å². The lowest BCUT2D eigenvalue weighted by molar-refractivity contribution is -0.139. The predicted molar refractivity (Wildman–Crippen MR) is 325 cm³/mol. The molecule has 3 aliphatic rings. The number of benzene rings is 2. The van der Waals surface area contributed by atoms with Gasteiger partial charge in [-0.15, -0.1) is 0 Å². The van der Waals surface area contributed by atoms with Crippen molar-refractivity contribution in [2.24, 2.45) is 21.2 Å². The van der Waals surface area contributed by atoms with Gasteiger partial charge in [-0.05, 0) is 103 Å². The van der Waals surface area contributed by atoms with Crippen LogP contribution in [0.1, 0.15) is 67.8 Å². The number of carboxylic acid groups (broad SMARTS) is 1. The van der Waals surface area contributed by atoms with Crippen LogP contribution in [0, 0.1) is 20.8 Å². The van der Waals surface area contributed by atoms with Crippen molar-refractivity contribution in [1.82, 2.24) is 61.3 Å². The number of hydrazone groups is 3. The third-order valence-corrected chi connectivity index (χ3v) is 15.4. The molecule has 3 saturated heterocycles. The minimum absolute atomic E-state index is 0.00202. The molecule has 1 unspecified atom stereocenters. The molecule has 3 atom stereocenters. The van der Waals surface area contributed by atoms with Crippen LogP contribution in [0.4, 0.5) is 4.39 Å². The van der Waals surface area contributed by atoms with Crippen molar-refractivity contribution < 1.29 is 57.3 Å². The van der Waals surface area contributed by atoms with Crippen molar-refractivity contribution in [3.8, 4) is 11.8 Å². The Hall–Kier alpha value is -7.66. The molecule has 6 N–H and O–H groups in total. The number of rotatable bonds is 31. The topological polar surface area (TPSA) is 321 Å². The fraction of sp³-hybridized carbons (Fsp3) is 0.544. The molecule has 3 aliphatic heterocycles. The number of aliphatic carboxylic acids is 1. The van der Waals surface area contributed by atoms with E-state index in [0.29, 0.717) is 113 Å². The van der Waals surface area contributed by atoms with E-state index in [1.165, 1.54) is 13.1 Å². The fourth-order valence-electron chi connectivity index (χ4n) is 10.0. The van der Waals surface area contributed by atoms with Gasteiger partial charge in [0.15, 0.2) is 0 Å². The van der Waals surface area contributed by atoms with E-state index in [2.05, 4.69) is 69.8 Å². The first-order valence-electron chi connectivity index (χ1n) is 28.6. The van der Waals surface area contributed by atoms with Crippen LogP contribution >= 0.6 is 22.6 Å². The largest absolute Gasteiger partial charge is 0.494 e. The van der Waals surface area contributed by atoms with Gasteiger partial charge in [-0.25, -0.2) is 4.39 Å². The standard InChI is InChI=1S/C57H78FIN16O11/c1-57(58)30-47(31-60)75(37-57)54(80)34-62-56(83)49-11-15-61-51-9-8-48(29-50(49)51)86-28-2-3-43-13-18-74(19-14-43)53(79)12-17-63-66-33-46(10-16-64-67-38-68-65-32-44-4-6-45(59)7-5-44)69-52(78)35-70-20-21-71(36-55(81)82)23-25-73(40-85-42-77)27-26-72(24-22-70)39-84-41-76/h4-9,11,15-16,29,32-33,41-43,46-47,63,67-68H,2-3,10,12-14,17-28,30,34-40H2,1H3,(H,62,83)(H,69,78)(H,81,82)/b64-16+,65-32+,66-33-/t46-,47+,57?/m0/s1. The number of carbonyl (C=O) groups excluding carboxylic acids is 6. The van der Waals surface area contributed by atoms with E-state index in [0.717, 1.165) is 39.7 Å². The number of ether oxygens (including phenoxy) is 3. The second kappa shape index (κ2) is 36.4. The van der Waals surface area contributed by atoms with E-state index in [1.807, 2.05) is 49.9 Å². The second-order valence-electron chi connectivity index (χ2n) is 21.2. The highest BCUT2D eigenvalue weighted by Gasteiger charge is 2.43. The number of aromatic nitrogens is 1. The van der Waals surface area contributed by atoms with Crippen LogP contribution < -0.4 is 31.6 Å². The van der Waals surface area contributed by atoms with Gasteiger partial charge in [0.2, 0.25) is 17.7 Å². The van der Waals surface area contributed by atoms with Crippen LogP contribution in [0.3, 0.4) is 0 Å². The van der Waals surface area contributed by atoms with Crippen molar-refractivity contribution in [3.63, 3.8) is 0 Å². The number of nitriles is 1. The number of carbonyl (C=O) groups is 7. The van der Waals surface area contributed by atoms with Gasteiger partial charge in [0, 0.05) is 119 Å². The molecule has 0 bridgehead atoms. The van der Waals surface area contributed by atoms with Crippen LogP contribution in [0.25, 0.3) is 10.9 Å². The number of nitrogens with zero attached hydrogens (tertiary/aromatic N) is 11. The summed E-state index contributed by atoms with van der Waals surface area (Å²) in [6.45, 7) is 6.40. The second-order valence-corrected chi connectivity index (χ2v) is 22.5. The molecule has 466 valence electrons. The Morgan fingerprint density at radius 1 is 0.860 bits per heavy atom. The van der Waals surface area contributed by atoms with Crippen molar-refractivity contribution >= 4 is 94.7 Å². The van der Waals surface area contributed by atoms with Gasteiger partial charge in [0.1, 0.15) is 37.6 Å². The molecular weight excluding hydrogens is 1230 g/mol. The summed E-state index contributed by atoms with van der Waals surface area (Å²) in [5, 5.41) is 38.1. The summed E-state index contributed by atoms with van der Waals surface area (Å²) in [5.74, 6) is -1.43. The van der Waals surface area contributed by atoms with E-state index < -0.39 is 35.5 Å². The monoisotopic (exact) mass is 1310 g/mol. The minimum Gasteiger partial charge on any atom is -0.494 e. The highest BCUT2D eigenvalue weighted by atomic mass is 127.